The fourth-order valence-corrected chi connectivity index (χ4v) is 4.23. The van der Waals surface area contributed by atoms with Crippen LogP contribution in [-0.2, 0) is 4.74 Å². The van der Waals surface area contributed by atoms with Crippen LogP contribution in [0.15, 0.2) is 70.8 Å². The van der Waals surface area contributed by atoms with Crippen molar-refractivity contribution in [3.63, 3.8) is 0 Å². The van der Waals surface area contributed by atoms with Crippen LogP contribution in [0.5, 0.6) is 0 Å². The molecule has 2 atom stereocenters. The average molecular weight is 474 g/mol. The van der Waals surface area contributed by atoms with E-state index in [1.54, 1.807) is 19.2 Å². The van der Waals surface area contributed by atoms with Crippen molar-refractivity contribution in [2.45, 2.75) is 32.0 Å². The predicted octanol–water partition coefficient (Wildman–Crippen LogP) is 4.99. The largest absolute Gasteiger partial charge is 0.387 e. The second-order valence-electron chi connectivity index (χ2n) is 7.83. The summed E-state index contributed by atoms with van der Waals surface area (Å²) in [5, 5.41) is 10.9. The maximum atomic E-state index is 12.1. The van der Waals surface area contributed by atoms with Gasteiger partial charge in [-0.25, -0.2) is 4.98 Å². The Balaban J connectivity index is 1.66. The van der Waals surface area contributed by atoms with E-state index in [1.807, 2.05) is 28.8 Å². The van der Waals surface area contributed by atoms with Crippen molar-refractivity contribution in [3.05, 3.63) is 93.3 Å². The molecule has 33 heavy (non-hydrogen) atoms. The molecule has 1 aliphatic carbocycles. The minimum absolute atomic E-state index is 0.138. The Morgan fingerprint density at radius 1 is 1.45 bits per heavy atom. The van der Waals surface area contributed by atoms with Crippen molar-refractivity contribution in [2.75, 3.05) is 6.61 Å². The van der Waals surface area contributed by atoms with E-state index in [1.165, 1.54) is 12.2 Å². The number of halogens is 3. The molecule has 0 unspecified atom stereocenters. The number of aryl methyl sites for hydroxylation is 1. The van der Waals surface area contributed by atoms with Crippen molar-refractivity contribution in [3.8, 4) is 11.1 Å². The van der Waals surface area contributed by atoms with Crippen LogP contribution in [0.25, 0.3) is 16.8 Å². The van der Waals surface area contributed by atoms with Gasteiger partial charge in [0.05, 0.1) is 24.1 Å². The number of alkyl halides is 2. The summed E-state index contributed by atoms with van der Waals surface area (Å²) in [6.07, 6.45) is 7.72. The van der Waals surface area contributed by atoms with Crippen LogP contribution < -0.4 is 5.56 Å². The average Bonchev–Trinajstić information content (AvgIpc) is 3.30. The molecule has 1 aliphatic rings. The molecule has 2 N–H and O–H groups in total. The summed E-state index contributed by atoms with van der Waals surface area (Å²) in [7, 11) is 0. The van der Waals surface area contributed by atoms with E-state index in [0.717, 1.165) is 16.8 Å². The van der Waals surface area contributed by atoms with Gasteiger partial charge in [-0.05, 0) is 60.4 Å². The number of imidazole rings is 1. The Morgan fingerprint density at radius 3 is 2.97 bits per heavy atom. The van der Waals surface area contributed by atoms with Gasteiger partial charge >= 0.3 is 6.61 Å². The van der Waals surface area contributed by atoms with E-state index in [9.17, 15) is 18.7 Å². The fraction of sp³-hybridized carbons (Fsp3) is 0.250. The van der Waals surface area contributed by atoms with E-state index >= 15 is 0 Å². The molecule has 0 amide bonds. The predicted molar refractivity (Wildman–Crippen MR) is 122 cm³/mol. The van der Waals surface area contributed by atoms with Crippen molar-refractivity contribution >= 4 is 17.2 Å². The Morgan fingerprint density at radius 2 is 2.24 bits per heavy atom. The van der Waals surface area contributed by atoms with Crippen molar-refractivity contribution in [2.24, 2.45) is 0 Å². The van der Waals surface area contributed by atoms with Gasteiger partial charge in [0.25, 0.3) is 5.56 Å². The fourth-order valence-electron chi connectivity index (χ4n) is 4.00. The maximum absolute atomic E-state index is 12.1. The number of nitrogens with one attached hydrogen (secondary N) is 1. The third-order valence-electron chi connectivity index (χ3n) is 5.58. The first-order valence-corrected chi connectivity index (χ1v) is 10.6. The monoisotopic (exact) mass is 473 g/mol. The van der Waals surface area contributed by atoms with Crippen LogP contribution >= 0.6 is 11.6 Å². The highest BCUT2D eigenvalue weighted by Crippen LogP contribution is 2.44. The standard InChI is InChI=1S/C24H22ClF2N3O3/c1-13(9-17(25)4-3-7-33-24(26)27)18-10-19(31)21-22(18)30-12-15(5-6-20(30)29-21)16-8-14(2)23(32)28-11-16/h3-6,8-9,11-12,18-19,24,31H,1,7,10H2,2H3,(H,28,32)/b4-3-,17-9+/t18-,19-/m1/s1. The molecule has 3 heterocycles. The normalized spacial score (nSPS) is 18.5. The van der Waals surface area contributed by atoms with Gasteiger partial charge in [0, 0.05) is 28.9 Å². The third-order valence-corrected chi connectivity index (χ3v) is 5.81. The quantitative estimate of drug-likeness (QED) is 0.474. The summed E-state index contributed by atoms with van der Waals surface area (Å²) in [4.78, 5) is 19.0. The highest BCUT2D eigenvalue weighted by atomic mass is 35.5. The van der Waals surface area contributed by atoms with Crippen LogP contribution in [0.2, 0.25) is 0 Å². The zero-order valence-corrected chi connectivity index (χ0v) is 18.5. The Labute approximate surface area is 193 Å². The lowest BCUT2D eigenvalue weighted by atomic mass is 9.97. The first kappa shape index (κ1) is 23.1. The number of rotatable bonds is 7. The summed E-state index contributed by atoms with van der Waals surface area (Å²) >= 11 is 6.21. The molecular formula is C24H22ClF2N3O3. The number of aliphatic hydroxyl groups is 1. The number of aliphatic hydroxyl groups excluding tert-OH is 1. The number of aromatic nitrogens is 3. The lowest BCUT2D eigenvalue weighted by molar-refractivity contribution is -0.119. The first-order chi connectivity index (χ1) is 15.7. The molecule has 0 spiro atoms. The third kappa shape index (κ3) is 4.83. The van der Waals surface area contributed by atoms with Crippen LogP contribution in [0.1, 0.15) is 35.4 Å². The topological polar surface area (TPSA) is 79.6 Å². The number of H-pyrrole nitrogens is 1. The van der Waals surface area contributed by atoms with E-state index in [-0.39, 0.29) is 18.1 Å². The smallest absolute Gasteiger partial charge is 0.345 e. The van der Waals surface area contributed by atoms with E-state index in [0.29, 0.717) is 33.9 Å². The Bertz CT molecular complexity index is 1330. The van der Waals surface area contributed by atoms with Gasteiger partial charge in [-0.3, -0.25) is 4.79 Å². The van der Waals surface area contributed by atoms with Crippen LogP contribution in [0.3, 0.4) is 0 Å². The Hall–Kier alpha value is -3.07. The number of nitrogens with zero attached hydrogens (tertiary/aromatic N) is 2. The second-order valence-corrected chi connectivity index (χ2v) is 8.27. The minimum Gasteiger partial charge on any atom is -0.387 e. The van der Waals surface area contributed by atoms with Gasteiger partial charge < -0.3 is 19.2 Å². The SMILES string of the molecule is C=C(/C=C(Cl)\C=C/COC(F)F)[C@H]1C[C@@H](O)c2nc3ccc(-c4c[nH]c(=O)c(C)c4)cn3c21. The number of fused-ring (bicyclic) bond motifs is 3. The maximum Gasteiger partial charge on any atom is 0.345 e. The van der Waals surface area contributed by atoms with E-state index < -0.39 is 12.7 Å². The van der Waals surface area contributed by atoms with Gasteiger partial charge in [0.1, 0.15) is 5.65 Å². The molecule has 0 fully saturated rings. The molecule has 4 rings (SSSR count). The van der Waals surface area contributed by atoms with Crippen molar-refractivity contribution < 1.29 is 18.6 Å². The highest BCUT2D eigenvalue weighted by Gasteiger charge is 2.35. The molecule has 0 saturated heterocycles. The van der Waals surface area contributed by atoms with Gasteiger partial charge in [0.2, 0.25) is 0 Å². The number of aromatic amines is 1. The lowest BCUT2D eigenvalue weighted by Crippen LogP contribution is -2.08. The van der Waals surface area contributed by atoms with Crippen LogP contribution in [-0.4, -0.2) is 32.7 Å². The molecular weight excluding hydrogens is 452 g/mol. The molecule has 0 bridgehead atoms. The number of pyridine rings is 2. The van der Waals surface area contributed by atoms with Crippen LogP contribution in [0, 0.1) is 6.92 Å². The zero-order chi connectivity index (χ0) is 23.7. The highest BCUT2D eigenvalue weighted by molar-refractivity contribution is 6.31. The summed E-state index contributed by atoms with van der Waals surface area (Å²) in [5.74, 6) is -0.239. The number of hydrogen-bond donors (Lipinski definition) is 2. The minimum atomic E-state index is -2.84. The van der Waals surface area contributed by atoms with Gasteiger partial charge in [-0.1, -0.05) is 24.3 Å². The van der Waals surface area contributed by atoms with E-state index in [4.69, 9.17) is 11.6 Å². The number of allylic oxidation sites excluding steroid dienone is 4. The molecule has 3 aromatic heterocycles. The van der Waals surface area contributed by atoms with Gasteiger partial charge in [-0.15, -0.1) is 0 Å². The Kier molecular flexibility index (Phi) is 6.60. The molecule has 3 aromatic rings. The molecule has 6 nitrogen and oxygen atoms in total. The number of hydrogen-bond acceptors (Lipinski definition) is 4. The van der Waals surface area contributed by atoms with E-state index in [2.05, 4.69) is 21.3 Å². The first-order valence-electron chi connectivity index (χ1n) is 10.3. The summed E-state index contributed by atoms with van der Waals surface area (Å²) in [6.45, 7) is 2.76. The van der Waals surface area contributed by atoms with Crippen molar-refractivity contribution in [1.29, 1.82) is 0 Å². The van der Waals surface area contributed by atoms with Gasteiger partial charge in [-0.2, -0.15) is 8.78 Å². The molecule has 0 saturated carbocycles. The summed E-state index contributed by atoms with van der Waals surface area (Å²) in [6, 6.07) is 5.58. The van der Waals surface area contributed by atoms with Gasteiger partial charge in [0.15, 0.2) is 0 Å². The second kappa shape index (κ2) is 9.43. The summed E-state index contributed by atoms with van der Waals surface area (Å²) in [5.41, 5.74) is 4.94. The summed E-state index contributed by atoms with van der Waals surface area (Å²) < 4.78 is 30.2. The van der Waals surface area contributed by atoms with Crippen molar-refractivity contribution in [1.82, 2.24) is 14.4 Å². The van der Waals surface area contributed by atoms with Crippen LogP contribution in [0.4, 0.5) is 8.78 Å². The molecule has 0 aliphatic heterocycles. The lowest BCUT2D eigenvalue weighted by Gasteiger charge is -2.14. The molecule has 172 valence electrons. The molecule has 9 heteroatoms. The molecule has 0 radical (unpaired) electrons. The molecule has 0 aromatic carbocycles. The number of ether oxygens (including phenoxy) is 1. The zero-order valence-electron chi connectivity index (χ0n) is 17.8.